The lowest BCUT2D eigenvalue weighted by Gasteiger charge is -2.38. The van der Waals surface area contributed by atoms with Gasteiger partial charge in [-0.05, 0) is 0 Å². The van der Waals surface area contributed by atoms with Gasteiger partial charge in [0.25, 0.3) is 0 Å². The van der Waals surface area contributed by atoms with Crippen LogP contribution in [0.25, 0.3) is 0 Å². The Balaban J connectivity index is 2.50. The lowest BCUT2D eigenvalue weighted by Crippen LogP contribution is -2.47. The fourth-order valence-electron chi connectivity index (χ4n) is 1.21. The van der Waals surface area contributed by atoms with Gasteiger partial charge in [0.2, 0.25) is 0 Å². The number of methoxy groups -OCH3 is 1. The summed E-state index contributed by atoms with van der Waals surface area (Å²) in [7, 11) is 1.43. The Morgan fingerprint density at radius 2 is 2.36 bits per heavy atom. The third kappa shape index (κ3) is 1.19. The van der Waals surface area contributed by atoms with Gasteiger partial charge in [0, 0.05) is 20.0 Å². The Hall–Kier alpha value is -1.08. The van der Waals surface area contributed by atoms with Crippen LogP contribution in [0.2, 0.25) is 0 Å². The van der Waals surface area contributed by atoms with Gasteiger partial charge in [0.1, 0.15) is 0 Å². The Kier molecular flexibility index (Phi) is 1.83. The average Bonchev–Trinajstić information content (AvgIpc) is 1.87. The number of rotatable bonds is 2. The molecule has 0 atom stereocenters. The molecule has 0 bridgehead atoms. The zero-order chi connectivity index (χ0) is 8.48. The third-order valence-corrected chi connectivity index (χ3v) is 2.10. The van der Waals surface area contributed by atoms with E-state index in [1.807, 2.05) is 6.07 Å². The van der Waals surface area contributed by atoms with Crippen molar-refractivity contribution in [3.05, 3.63) is 0 Å². The fourth-order valence-corrected chi connectivity index (χ4v) is 1.21. The minimum Gasteiger partial charge on any atom is -0.481 e. The highest BCUT2D eigenvalue weighted by Crippen LogP contribution is 2.39. The zero-order valence-electron chi connectivity index (χ0n) is 6.20. The molecule has 0 aromatic heterocycles. The van der Waals surface area contributed by atoms with Crippen molar-refractivity contribution in [3.8, 4) is 6.07 Å². The average molecular weight is 155 g/mol. The smallest absolute Gasteiger partial charge is 0.306 e. The van der Waals surface area contributed by atoms with E-state index in [9.17, 15) is 4.79 Å². The van der Waals surface area contributed by atoms with Gasteiger partial charge in [-0.1, -0.05) is 0 Å². The van der Waals surface area contributed by atoms with Crippen LogP contribution in [-0.4, -0.2) is 23.8 Å². The van der Waals surface area contributed by atoms with Crippen molar-refractivity contribution in [1.82, 2.24) is 0 Å². The van der Waals surface area contributed by atoms with E-state index in [-0.39, 0.29) is 0 Å². The quantitative estimate of drug-likeness (QED) is 0.626. The largest absolute Gasteiger partial charge is 0.481 e. The minimum absolute atomic E-state index is 0.315. The summed E-state index contributed by atoms with van der Waals surface area (Å²) in [6.07, 6.45) is 0.630. The van der Waals surface area contributed by atoms with E-state index in [0.29, 0.717) is 12.8 Å². The van der Waals surface area contributed by atoms with E-state index in [2.05, 4.69) is 0 Å². The van der Waals surface area contributed by atoms with Crippen LogP contribution in [0.15, 0.2) is 0 Å². The molecule has 0 spiro atoms. The van der Waals surface area contributed by atoms with E-state index in [0.717, 1.165) is 0 Å². The molecule has 1 N–H and O–H groups in total. The molecule has 1 saturated carbocycles. The Labute approximate surface area is 64.4 Å². The maximum atomic E-state index is 10.3. The SMILES string of the molecule is COC1(C#N)CC(C(=O)O)C1. The van der Waals surface area contributed by atoms with Crippen molar-refractivity contribution < 1.29 is 14.6 Å². The molecule has 4 heteroatoms. The van der Waals surface area contributed by atoms with Crippen LogP contribution in [0, 0.1) is 17.2 Å². The van der Waals surface area contributed by atoms with Crippen molar-refractivity contribution in [2.24, 2.45) is 5.92 Å². The number of carboxylic acid groups (broad SMARTS) is 1. The Morgan fingerprint density at radius 3 is 2.64 bits per heavy atom. The van der Waals surface area contributed by atoms with Gasteiger partial charge in [-0.2, -0.15) is 5.26 Å². The fraction of sp³-hybridized carbons (Fsp3) is 0.714. The molecule has 4 nitrogen and oxygen atoms in total. The van der Waals surface area contributed by atoms with Crippen LogP contribution in [0.1, 0.15) is 12.8 Å². The van der Waals surface area contributed by atoms with Crippen LogP contribution >= 0.6 is 0 Å². The van der Waals surface area contributed by atoms with Gasteiger partial charge >= 0.3 is 5.97 Å². The summed E-state index contributed by atoms with van der Waals surface area (Å²) in [6, 6.07) is 1.96. The van der Waals surface area contributed by atoms with E-state index >= 15 is 0 Å². The maximum absolute atomic E-state index is 10.3. The molecule has 0 amide bonds. The van der Waals surface area contributed by atoms with Crippen molar-refractivity contribution in [3.63, 3.8) is 0 Å². The molecule has 1 fully saturated rings. The van der Waals surface area contributed by atoms with E-state index in [1.54, 1.807) is 0 Å². The maximum Gasteiger partial charge on any atom is 0.306 e. The first-order valence-corrected chi connectivity index (χ1v) is 3.33. The highest BCUT2D eigenvalue weighted by atomic mass is 16.5. The first-order valence-electron chi connectivity index (χ1n) is 3.33. The Bertz CT molecular complexity index is 212. The second kappa shape index (κ2) is 2.51. The minimum atomic E-state index is -0.840. The normalized spacial score (nSPS) is 35.5. The zero-order valence-corrected chi connectivity index (χ0v) is 6.20. The van der Waals surface area contributed by atoms with Crippen LogP contribution in [0.4, 0.5) is 0 Å². The molecule has 1 aliphatic carbocycles. The lowest BCUT2D eigenvalue weighted by molar-refractivity contribution is -0.155. The lowest BCUT2D eigenvalue weighted by atomic mass is 9.72. The molecule has 0 saturated heterocycles. The molecule has 0 aliphatic heterocycles. The topological polar surface area (TPSA) is 70.3 Å². The third-order valence-electron chi connectivity index (χ3n) is 2.10. The summed E-state index contributed by atoms with van der Waals surface area (Å²) in [6.45, 7) is 0. The summed E-state index contributed by atoms with van der Waals surface area (Å²) in [4.78, 5) is 10.3. The molecule has 0 unspecified atom stereocenters. The highest BCUT2D eigenvalue weighted by molar-refractivity contribution is 5.72. The van der Waals surface area contributed by atoms with Gasteiger partial charge in [-0.15, -0.1) is 0 Å². The highest BCUT2D eigenvalue weighted by Gasteiger charge is 2.48. The van der Waals surface area contributed by atoms with Crippen LogP contribution in [0.3, 0.4) is 0 Å². The molecular formula is C7H9NO3. The standard InChI is InChI=1S/C7H9NO3/c1-11-7(4-8)2-5(3-7)6(9)10/h5H,2-3H2,1H3,(H,9,10). The summed E-state index contributed by atoms with van der Waals surface area (Å²) in [5.41, 5.74) is -0.816. The monoisotopic (exact) mass is 155 g/mol. The molecule has 0 heterocycles. The van der Waals surface area contributed by atoms with Crippen molar-refractivity contribution >= 4 is 5.97 Å². The number of carbonyl (C=O) groups is 1. The Morgan fingerprint density at radius 1 is 1.82 bits per heavy atom. The number of ether oxygens (including phenoxy) is 1. The number of aliphatic carboxylic acids is 1. The molecule has 0 aromatic carbocycles. The van der Waals surface area contributed by atoms with Crippen molar-refractivity contribution in [2.75, 3.05) is 7.11 Å². The van der Waals surface area contributed by atoms with Gasteiger partial charge in [-0.3, -0.25) is 4.79 Å². The molecule has 60 valence electrons. The first kappa shape index (κ1) is 8.02. The van der Waals surface area contributed by atoms with Gasteiger partial charge in [0.15, 0.2) is 5.60 Å². The second-order valence-electron chi connectivity index (χ2n) is 2.75. The van der Waals surface area contributed by atoms with E-state index in [4.69, 9.17) is 15.1 Å². The van der Waals surface area contributed by atoms with Crippen LogP contribution in [-0.2, 0) is 9.53 Å². The van der Waals surface area contributed by atoms with Crippen LogP contribution in [0.5, 0.6) is 0 Å². The van der Waals surface area contributed by atoms with Gasteiger partial charge in [-0.25, -0.2) is 0 Å². The number of hydrogen-bond acceptors (Lipinski definition) is 3. The predicted octanol–water partition coefficient (Wildman–Crippen LogP) is 0.390. The first-order chi connectivity index (χ1) is 5.13. The van der Waals surface area contributed by atoms with E-state index in [1.165, 1.54) is 7.11 Å². The summed E-state index contributed by atoms with van der Waals surface area (Å²) in [5.74, 6) is -1.23. The number of nitrogens with zero attached hydrogens (tertiary/aromatic N) is 1. The molecular weight excluding hydrogens is 146 g/mol. The van der Waals surface area contributed by atoms with Crippen LogP contribution < -0.4 is 0 Å². The summed E-state index contributed by atoms with van der Waals surface area (Å²) < 4.78 is 4.88. The number of nitriles is 1. The summed E-state index contributed by atoms with van der Waals surface area (Å²) >= 11 is 0. The van der Waals surface area contributed by atoms with Gasteiger partial charge in [0.05, 0.1) is 12.0 Å². The predicted molar refractivity (Wildman–Crippen MR) is 35.7 cm³/mol. The molecule has 1 aliphatic rings. The molecule has 0 aromatic rings. The summed E-state index contributed by atoms with van der Waals surface area (Å²) in [5, 5.41) is 17.1. The molecule has 0 radical (unpaired) electrons. The second-order valence-corrected chi connectivity index (χ2v) is 2.75. The number of hydrogen-bond donors (Lipinski definition) is 1. The molecule has 11 heavy (non-hydrogen) atoms. The van der Waals surface area contributed by atoms with Gasteiger partial charge < -0.3 is 9.84 Å². The molecule has 1 rings (SSSR count). The number of carboxylic acids is 1. The van der Waals surface area contributed by atoms with Crippen molar-refractivity contribution in [2.45, 2.75) is 18.4 Å². The van der Waals surface area contributed by atoms with E-state index < -0.39 is 17.5 Å². The van der Waals surface area contributed by atoms with Crippen molar-refractivity contribution in [1.29, 1.82) is 5.26 Å².